The van der Waals surface area contributed by atoms with Gasteiger partial charge in [-0.3, -0.25) is 29.2 Å². The fraction of sp³-hybridized carbons (Fsp3) is 0.619. The van der Waals surface area contributed by atoms with Crippen molar-refractivity contribution in [2.75, 3.05) is 33.3 Å². The molecule has 2 aromatic carbocycles. The summed E-state index contributed by atoms with van der Waals surface area (Å²) in [6.45, 7) is 35.6. The van der Waals surface area contributed by atoms with Crippen molar-refractivity contribution in [3.05, 3.63) is 71.5 Å². The Hall–Kier alpha value is -5.74. The number of rotatable bonds is 13. The Balaban J connectivity index is 1.37. The van der Waals surface area contributed by atoms with Gasteiger partial charge in [0.15, 0.2) is 0 Å². The van der Waals surface area contributed by atoms with Crippen molar-refractivity contribution in [2.24, 2.45) is 17.3 Å². The van der Waals surface area contributed by atoms with Gasteiger partial charge in [0.2, 0.25) is 11.8 Å². The van der Waals surface area contributed by atoms with E-state index in [1.807, 2.05) is 52.9 Å². The van der Waals surface area contributed by atoms with Crippen LogP contribution in [-0.2, 0) is 48.0 Å². The van der Waals surface area contributed by atoms with Gasteiger partial charge in [-0.25, -0.2) is 10.2 Å². The van der Waals surface area contributed by atoms with Crippen molar-refractivity contribution in [1.82, 2.24) is 35.1 Å². The number of hydrogen-bond acceptors (Lipinski definition) is 10. The van der Waals surface area contributed by atoms with E-state index in [-0.39, 0.29) is 47.4 Å². The number of aromatic nitrogens is 2. The van der Waals surface area contributed by atoms with Crippen molar-refractivity contribution < 1.29 is 37.9 Å². The molecule has 16 heteroatoms. The van der Waals surface area contributed by atoms with Gasteiger partial charge < -0.3 is 33.6 Å². The molecule has 6 bridgehead atoms. The summed E-state index contributed by atoms with van der Waals surface area (Å²) in [6.07, 6.45) is 4.00. The van der Waals surface area contributed by atoms with Crippen LogP contribution in [0.1, 0.15) is 159 Å². The Morgan fingerprint density at radius 1 is 0.899 bits per heavy atom. The number of carbonyl (C=O) groups is 5. The van der Waals surface area contributed by atoms with Gasteiger partial charge in [0.1, 0.15) is 29.5 Å². The monoisotopic (exact) mass is 1100 g/mol. The quantitative estimate of drug-likeness (QED) is 0.0972. The molecule has 3 aliphatic rings. The number of nitrogens with zero attached hydrogens (tertiary/aromatic N) is 5. The standard InChI is InChI=1S/C63H93N7O8Si/c1-18-69-53-24-23-45-35-49(53)50(56(69)48-21-19-27-64-54(48)38(2)3)36-63(15,16)37-76-60(74)51-22-20-28-70(66-51)59(73)52(33-43-31-46(45)34-47(32-43)78-79(40(6)7,41(8)9)42(10)11)65-57(71)55(39(4)5)67(17)58(72)44-25-29-68(30-26-44)61(75)77-62(12,13)14/h19,21,23-24,27,31-32,34-35,38-42,44,51-52,55,66H,18,20,22,25-26,28-30,33,36-37H2,1-17H3,(H,65,71)/t51-,52-,55-/m0/s1. The lowest BCUT2D eigenvalue weighted by atomic mass is 9.83. The van der Waals surface area contributed by atoms with E-state index in [0.29, 0.717) is 58.3 Å². The maximum atomic E-state index is 15.3. The predicted molar refractivity (Wildman–Crippen MR) is 316 cm³/mol. The molecule has 7 rings (SSSR count). The van der Waals surface area contributed by atoms with Crippen LogP contribution in [0.5, 0.6) is 5.75 Å². The van der Waals surface area contributed by atoms with E-state index in [1.165, 1.54) is 9.91 Å². The molecule has 0 radical (unpaired) electrons. The Labute approximate surface area is 472 Å². The molecule has 0 unspecified atom stereocenters. The molecule has 3 aliphatic heterocycles. The normalized spacial score (nSPS) is 19.3. The molecule has 432 valence electrons. The van der Waals surface area contributed by atoms with Crippen LogP contribution in [0.2, 0.25) is 16.6 Å². The van der Waals surface area contributed by atoms with E-state index >= 15 is 9.59 Å². The number of likely N-dealkylation sites (tertiary alicyclic amines) is 1. The summed E-state index contributed by atoms with van der Waals surface area (Å²) in [7, 11) is -0.882. The Morgan fingerprint density at radius 2 is 1.57 bits per heavy atom. The fourth-order valence-corrected chi connectivity index (χ4v) is 18.2. The van der Waals surface area contributed by atoms with Crippen LogP contribution in [0, 0.1) is 17.3 Å². The molecular weight excluding hydrogens is 1010 g/mol. The number of amides is 4. The van der Waals surface area contributed by atoms with E-state index in [2.05, 4.69) is 128 Å². The average Bonchev–Trinajstić information content (AvgIpc) is 3.71. The molecule has 5 heterocycles. The zero-order valence-electron chi connectivity index (χ0n) is 50.7. The summed E-state index contributed by atoms with van der Waals surface area (Å²) < 4.78 is 21.8. The van der Waals surface area contributed by atoms with Crippen LogP contribution in [-0.4, -0.2) is 119 Å². The number of likely N-dealkylation sites (N-methyl/N-ethyl adjacent to an activating group) is 1. The van der Waals surface area contributed by atoms with Crippen LogP contribution < -0.4 is 15.2 Å². The summed E-state index contributed by atoms with van der Waals surface area (Å²) in [5.74, 6) is -1.37. The molecular formula is C63H93N7O8Si. The number of pyridine rings is 1. The topological polar surface area (TPSA) is 165 Å². The fourth-order valence-electron chi connectivity index (χ4n) is 12.9. The molecule has 2 aromatic heterocycles. The van der Waals surface area contributed by atoms with Crippen molar-refractivity contribution in [2.45, 2.75) is 202 Å². The molecule has 0 saturated carbocycles. The van der Waals surface area contributed by atoms with Crippen LogP contribution in [0.25, 0.3) is 33.3 Å². The van der Waals surface area contributed by atoms with Crippen molar-refractivity contribution in [3.63, 3.8) is 0 Å². The van der Waals surface area contributed by atoms with E-state index in [4.69, 9.17) is 18.9 Å². The second-order valence-corrected chi connectivity index (χ2v) is 31.5. The van der Waals surface area contributed by atoms with Gasteiger partial charge in [-0.05, 0) is 147 Å². The molecule has 0 aliphatic carbocycles. The third-order valence-electron chi connectivity index (χ3n) is 16.6. The van der Waals surface area contributed by atoms with Gasteiger partial charge in [0.05, 0.1) is 18.0 Å². The van der Waals surface area contributed by atoms with E-state index in [9.17, 15) is 14.4 Å². The first-order valence-corrected chi connectivity index (χ1v) is 31.4. The molecule has 2 N–H and O–H groups in total. The smallest absolute Gasteiger partial charge is 0.410 e. The predicted octanol–water partition coefficient (Wildman–Crippen LogP) is 11.8. The van der Waals surface area contributed by atoms with E-state index in [1.54, 1.807) is 11.9 Å². The van der Waals surface area contributed by atoms with E-state index < -0.39 is 67.3 Å². The maximum absolute atomic E-state index is 15.3. The lowest BCUT2D eigenvalue weighted by Gasteiger charge is -2.42. The van der Waals surface area contributed by atoms with Crippen molar-refractivity contribution >= 4 is 49.0 Å². The third kappa shape index (κ3) is 13.4. The van der Waals surface area contributed by atoms with Gasteiger partial charge in [-0.15, -0.1) is 0 Å². The molecule has 79 heavy (non-hydrogen) atoms. The minimum atomic E-state index is -2.54. The maximum Gasteiger partial charge on any atom is 0.410 e. The molecule has 2 fully saturated rings. The zero-order valence-corrected chi connectivity index (χ0v) is 51.7. The van der Waals surface area contributed by atoms with Gasteiger partial charge >= 0.3 is 12.1 Å². The average molecular weight is 1100 g/mol. The molecule has 2 saturated heterocycles. The lowest BCUT2D eigenvalue weighted by molar-refractivity contribution is -0.155. The first-order valence-electron chi connectivity index (χ1n) is 29.3. The Kier molecular flexibility index (Phi) is 18.9. The summed E-state index contributed by atoms with van der Waals surface area (Å²) in [5, 5.41) is 5.75. The number of piperidine rings is 1. The van der Waals surface area contributed by atoms with Gasteiger partial charge in [-0.1, -0.05) is 95.2 Å². The van der Waals surface area contributed by atoms with E-state index in [0.717, 1.165) is 55.9 Å². The number of esters is 1. The zero-order chi connectivity index (χ0) is 58.1. The number of nitrogens with one attached hydrogen (secondary N) is 2. The number of aryl methyl sites for hydroxylation is 1. The van der Waals surface area contributed by atoms with Crippen LogP contribution in [0.15, 0.2) is 54.7 Å². The highest BCUT2D eigenvalue weighted by atomic mass is 28.4. The number of ether oxygens (including phenoxy) is 2. The lowest BCUT2D eigenvalue weighted by Crippen LogP contribution is -2.62. The van der Waals surface area contributed by atoms with Crippen LogP contribution in [0.4, 0.5) is 4.79 Å². The number of hydrazine groups is 1. The number of carbonyl (C=O) groups excluding carboxylic acids is 5. The van der Waals surface area contributed by atoms with Gasteiger partial charge in [0.25, 0.3) is 14.2 Å². The number of benzene rings is 2. The Bertz CT molecular complexity index is 2840. The second kappa shape index (κ2) is 24.5. The van der Waals surface area contributed by atoms with Gasteiger partial charge in [-0.2, -0.15) is 0 Å². The third-order valence-corrected chi connectivity index (χ3v) is 22.6. The highest BCUT2D eigenvalue weighted by Crippen LogP contribution is 2.45. The van der Waals surface area contributed by atoms with Crippen LogP contribution in [0.3, 0.4) is 0 Å². The summed E-state index contributed by atoms with van der Waals surface area (Å²) in [5.41, 5.74) is 11.0. The largest absolute Gasteiger partial charge is 0.543 e. The second-order valence-electron chi connectivity index (χ2n) is 26.1. The first kappa shape index (κ1) is 60.9. The van der Waals surface area contributed by atoms with Crippen molar-refractivity contribution in [3.8, 4) is 28.1 Å². The summed E-state index contributed by atoms with van der Waals surface area (Å²) in [6, 6.07) is 14.3. The number of cyclic esters (lactones) is 1. The van der Waals surface area contributed by atoms with Gasteiger partial charge in [0, 0.05) is 73.6 Å². The van der Waals surface area contributed by atoms with Crippen molar-refractivity contribution in [1.29, 1.82) is 0 Å². The molecule has 4 amide bonds. The number of hydrogen-bond donors (Lipinski definition) is 2. The minimum Gasteiger partial charge on any atom is -0.543 e. The number of fused-ring (bicyclic) bond motifs is 6. The molecule has 15 nitrogen and oxygen atoms in total. The minimum absolute atomic E-state index is 0.0876. The first-order chi connectivity index (χ1) is 37.1. The molecule has 0 spiro atoms. The highest BCUT2D eigenvalue weighted by Gasteiger charge is 2.47. The summed E-state index contributed by atoms with van der Waals surface area (Å²) >= 11 is 0. The highest BCUT2D eigenvalue weighted by molar-refractivity contribution is 6.78. The molecule has 4 aromatic rings. The van der Waals surface area contributed by atoms with Crippen LogP contribution >= 0.6 is 0 Å². The SMILES string of the molecule is CCn1c(-c2cccnc2C(C)C)c2c3cc(ccc31)-c1cc(cc(O[Si](C(C)C)(C(C)C)C(C)C)c1)C[C@H](NC(=O)[C@H](C(C)C)N(C)C(=O)C1CCN(C(=O)OC(C)(C)C)CC1)C(=O)N1CCC[C@H](N1)C(=O)OCC(C)(C)C2. The molecule has 3 atom stereocenters. The summed E-state index contributed by atoms with van der Waals surface area (Å²) in [4.78, 5) is 80.0. The Morgan fingerprint density at radius 3 is 2.18 bits per heavy atom.